The normalized spacial score (nSPS) is 10.5. The monoisotopic (exact) mass is 208 g/mol. The highest BCUT2D eigenvalue weighted by molar-refractivity contribution is 5.88. The van der Waals surface area contributed by atoms with E-state index in [-0.39, 0.29) is 6.10 Å². The van der Waals surface area contributed by atoms with Crippen LogP contribution in [0.4, 0.5) is 0 Å². The van der Waals surface area contributed by atoms with Gasteiger partial charge in [-0.15, -0.1) is 0 Å². The molecule has 0 spiro atoms. The Morgan fingerprint density at radius 2 is 1.73 bits per heavy atom. The molecule has 82 valence electrons. The Balaban J connectivity index is 3.15. The summed E-state index contributed by atoms with van der Waals surface area (Å²) >= 11 is 0. The number of carboxylic acids is 1. The maximum atomic E-state index is 10.8. The number of hydrogen-bond donors (Lipinski definition) is 1. The van der Waals surface area contributed by atoms with Crippen LogP contribution in [0, 0.1) is 13.8 Å². The lowest BCUT2D eigenvalue weighted by Gasteiger charge is -2.15. The van der Waals surface area contributed by atoms with Crippen molar-refractivity contribution in [1.82, 2.24) is 0 Å². The molecule has 0 aliphatic heterocycles. The molecule has 0 atom stereocenters. The summed E-state index contributed by atoms with van der Waals surface area (Å²) < 4.78 is 5.62. The molecule has 1 N–H and O–H groups in total. The van der Waals surface area contributed by atoms with Gasteiger partial charge >= 0.3 is 5.97 Å². The Morgan fingerprint density at radius 1 is 1.27 bits per heavy atom. The van der Waals surface area contributed by atoms with Crippen LogP contribution in [0.15, 0.2) is 12.1 Å². The summed E-state index contributed by atoms with van der Waals surface area (Å²) in [5.41, 5.74) is 2.03. The molecule has 1 aromatic rings. The van der Waals surface area contributed by atoms with Crippen molar-refractivity contribution in [1.29, 1.82) is 0 Å². The molecule has 3 heteroatoms. The van der Waals surface area contributed by atoms with Gasteiger partial charge in [-0.1, -0.05) is 0 Å². The highest BCUT2D eigenvalue weighted by Gasteiger charge is 2.11. The molecule has 0 heterocycles. The van der Waals surface area contributed by atoms with E-state index < -0.39 is 5.97 Å². The molecule has 1 aromatic carbocycles. The molecule has 15 heavy (non-hydrogen) atoms. The van der Waals surface area contributed by atoms with Crippen LogP contribution >= 0.6 is 0 Å². The third-order valence-electron chi connectivity index (χ3n) is 2.06. The lowest BCUT2D eigenvalue weighted by molar-refractivity contribution is 0.0696. The van der Waals surface area contributed by atoms with E-state index >= 15 is 0 Å². The molecule has 0 saturated heterocycles. The number of benzene rings is 1. The van der Waals surface area contributed by atoms with Gasteiger partial charge in [-0.3, -0.25) is 0 Å². The van der Waals surface area contributed by atoms with E-state index in [4.69, 9.17) is 9.84 Å². The fourth-order valence-electron chi connectivity index (χ4n) is 1.50. The number of ether oxygens (including phenoxy) is 1. The van der Waals surface area contributed by atoms with Crippen LogP contribution in [-0.4, -0.2) is 17.2 Å². The van der Waals surface area contributed by atoms with Crippen LogP contribution in [0.3, 0.4) is 0 Å². The van der Waals surface area contributed by atoms with Crippen molar-refractivity contribution >= 4 is 5.97 Å². The lowest BCUT2D eigenvalue weighted by atomic mass is 10.1. The topological polar surface area (TPSA) is 46.5 Å². The second kappa shape index (κ2) is 4.34. The zero-order valence-corrected chi connectivity index (χ0v) is 9.50. The predicted octanol–water partition coefficient (Wildman–Crippen LogP) is 2.79. The van der Waals surface area contributed by atoms with Crippen LogP contribution < -0.4 is 4.74 Å². The Kier molecular flexibility index (Phi) is 3.35. The van der Waals surface area contributed by atoms with Crippen LogP contribution in [0.2, 0.25) is 0 Å². The van der Waals surface area contributed by atoms with Crippen molar-refractivity contribution in [2.24, 2.45) is 0 Å². The highest BCUT2D eigenvalue weighted by Crippen LogP contribution is 2.25. The second-order valence-electron chi connectivity index (χ2n) is 3.91. The number of aryl methyl sites for hydroxylation is 2. The van der Waals surface area contributed by atoms with E-state index in [1.807, 2.05) is 27.7 Å². The summed E-state index contributed by atoms with van der Waals surface area (Å²) in [6.45, 7) is 7.61. The summed E-state index contributed by atoms with van der Waals surface area (Å²) in [4.78, 5) is 10.8. The minimum Gasteiger partial charge on any atom is -0.490 e. The summed E-state index contributed by atoms with van der Waals surface area (Å²) in [5.74, 6) is -0.118. The average Bonchev–Trinajstić information content (AvgIpc) is 2.10. The van der Waals surface area contributed by atoms with Crippen LogP contribution in [0.1, 0.15) is 35.3 Å². The van der Waals surface area contributed by atoms with E-state index in [9.17, 15) is 4.79 Å². The third kappa shape index (κ3) is 2.72. The molecule has 0 radical (unpaired) electrons. The largest absolute Gasteiger partial charge is 0.490 e. The molecule has 0 aliphatic rings. The predicted molar refractivity (Wildman–Crippen MR) is 58.6 cm³/mol. The minimum absolute atomic E-state index is 0.0954. The molecular weight excluding hydrogens is 192 g/mol. The zero-order chi connectivity index (χ0) is 11.6. The van der Waals surface area contributed by atoms with Gasteiger partial charge in [0.25, 0.3) is 0 Å². The molecule has 0 aromatic heterocycles. The number of rotatable bonds is 3. The first-order valence-corrected chi connectivity index (χ1v) is 4.93. The van der Waals surface area contributed by atoms with Gasteiger partial charge < -0.3 is 9.84 Å². The Bertz CT molecular complexity index is 357. The van der Waals surface area contributed by atoms with Gasteiger partial charge in [-0.25, -0.2) is 4.79 Å². The molecular formula is C12H16O3. The maximum Gasteiger partial charge on any atom is 0.335 e. The van der Waals surface area contributed by atoms with E-state index in [1.165, 1.54) is 0 Å². The van der Waals surface area contributed by atoms with Crippen molar-refractivity contribution in [3.8, 4) is 5.75 Å². The Morgan fingerprint density at radius 3 is 2.07 bits per heavy atom. The minimum atomic E-state index is -0.905. The summed E-state index contributed by atoms with van der Waals surface area (Å²) in [5, 5.41) is 8.87. The van der Waals surface area contributed by atoms with Gasteiger partial charge in [0, 0.05) is 0 Å². The summed E-state index contributed by atoms with van der Waals surface area (Å²) in [6.07, 6.45) is 0.0954. The first-order valence-electron chi connectivity index (χ1n) is 4.93. The summed E-state index contributed by atoms with van der Waals surface area (Å²) in [7, 11) is 0. The van der Waals surface area contributed by atoms with Crippen molar-refractivity contribution in [2.75, 3.05) is 0 Å². The van der Waals surface area contributed by atoms with Crippen LogP contribution in [-0.2, 0) is 0 Å². The van der Waals surface area contributed by atoms with Gasteiger partial charge in [-0.2, -0.15) is 0 Å². The van der Waals surface area contributed by atoms with Crippen molar-refractivity contribution in [2.45, 2.75) is 33.8 Å². The molecule has 0 aliphatic carbocycles. The third-order valence-corrected chi connectivity index (χ3v) is 2.06. The van der Waals surface area contributed by atoms with E-state index in [0.717, 1.165) is 16.9 Å². The first kappa shape index (κ1) is 11.6. The fraction of sp³-hybridized carbons (Fsp3) is 0.417. The van der Waals surface area contributed by atoms with Crippen molar-refractivity contribution < 1.29 is 14.6 Å². The fourth-order valence-corrected chi connectivity index (χ4v) is 1.50. The number of hydrogen-bond acceptors (Lipinski definition) is 2. The Labute approximate surface area is 89.7 Å². The van der Waals surface area contributed by atoms with Gasteiger partial charge in [0.1, 0.15) is 5.75 Å². The number of carboxylic acid groups (broad SMARTS) is 1. The average molecular weight is 208 g/mol. The van der Waals surface area contributed by atoms with E-state index in [1.54, 1.807) is 12.1 Å². The van der Waals surface area contributed by atoms with E-state index in [2.05, 4.69) is 0 Å². The molecule has 0 saturated carbocycles. The van der Waals surface area contributed by atoms with Gasteiger partial charge in [-0.05, 0) is 51.0 Å². The van der Waals surface area contributed by atoms with Crippen LogP contribution in [0.5, 0.6) is 5.75 Å². The zero-order valence-electron chi connectivity index (χ0n) is 9.50. The lowest BCUT2D eigenvalue weighted by Crippen LogP contribution is -2.09. The van der Waals surface area contributed by atoms with E-state index in [0.29, 0.717) is 5.56 Å². The quantitative estimate of drug-likeness (QED) is 0.830. The standard InChI is InChI=1S/C12H16O3/c1-7(2)15-11-8(3)5-10(12(13)14)6-9(11)4/h5-7H,1-4H3,(H,13,14). The van der Waals surface area contributed by atoms with Crippen molar-refractivity contribution in [3.05, 3.63) is 28.8 Å². The van der Waals surface area contributed by atoms with Gasteiger partial charge in [0.05, 0.1) is 11.7 Å². The smallest absolute Gasteiger partial charge is 0.335 e. The second-order valence-corrected chi connectivity index (χ2v) is 3.91. The first-order chi connectivity index (χ1) is 6.91. The highest BCUT2D eigenvalue weighted by atomic mass is 16.5. The van der Waals surface area contributed by atoms with Gasteiger partial charge in [0.15, 0.2) is 0 Å². The number of carbonyl (C=O) groups is 1. The molecule has 0 amide bonds. The molecule has 0 bridgehead atoms. The van der Waals surface area contributed by atoms with Gasteiger partial charge in [0.2, 0.25) is 0 Å². The summed E-state index contributed by atoms with van der Waals surface area (Å²) in [6, 6.07) is 3.26. The molecule has 1 rings (SSSR count). The molecule has 0 unspecified atom stereocenters. The molecule has 3 nitrogen and oxygen atoms in total. The Hall–Kier alpha value is -1.51. The SMILES string of the molecule is Cc1cc(C(=O)O)cc(C)c1OC(C)C. The molecule has 0 fully saturated rings. The maximum absolute atomic E-state index is 10.8. The van der Waals surface area contributed by atoms with Crippen molar-refractivity contribution in [3.63, 3.8) is 0 Å². The van der Waals surface area contributed by atoms with Crippen LogP contribution in [0.25, 0.3) is 0 Å². The number of aromatic carboxylic acids is 1.